The predicted octanol–water partition coefficient (Wildman–Crippen LogP) is 2.98. The summed E-state index contributed by atoms with van der Waals surface area (Å²) in [6.07, 6.45) is 0.807. The molecular formula is C18H21BrF2N4O2. The lowest BCUT2D eigenvalue weighted by Crippen LogP contribution is -2.35. The zero-order valence-electron chi connectivity index (χ0n) is 15.1. The van der Waals surface area contributed by atoms with Crippen LogP contribution in [-0.2, 0) is 6.61 Å². The van der Waals surface area contributed by atoms with Crippen LogP contribution in [-0.4, -0.2) is 28.7 Å². The van der Waals surface area contributed by atoms with E-state index >= 15 is 0 Å². The fourth-order valence-corrected chi connectivity index (χ4v) is 3.41. The van der Waals surface area contributed by atoms with Crippen molar-refractivity contribution in [1.29, 1.82) is 0 Å². The van der Waals surface area contributed by atoms with E-state index in [4.69, 9.17) is 10.5 Å². The van der Waals surface area contributed by atoms with Crippen LogP contribution in [0.25, 0.3) is 0 Å². The molecule has 0 radical (unpaired) electrons. The van der Waals surface area contributed by atoms with Crippen LogP contribution >= 0.6 is 15.9 Å². The van der Waals surface area contributed by atoms with Crippen LogP contribution in [0.3, 0.4) is 0 Å². The lowest BCUT2D eigenvalue weighted by atomic mass is 10.2. The smallest absolute Gasteiger partial charge is 0.273 e. The second-order valence-corrected chi connectivity index (χ2v) is 7.61. The van der Waals surface area contributed by atoms with Crippen molar-refractivity contribution < 1.29 is 13.5 Å². The molecule has 1 aliphatic rings. The zero-order chi connectivity index (χ0) is 19.7. The summed E-state index contributed by atoms with van der Waals surface area (Å²) in [5.41, 5.74) is 5.87. The average molecular weight is 443 g/mol. The first-order valence-electron chi connectivity index (χ1n) is 8.67. The lowest BCUT2D eigenvalue weighted by molar-refractivity contribution is 0.283. The molecule has 27 heavy (non-hydrogen) atoms. The van der Waals surface area contributed by atoms with Gasteiger partial charge in [-0.15, -0.1) is 0 Å². The van der Waals surface area contributed by atoms with Gasteiger partial charge in [0.05, 0.1) is 0 Å². The molecule has 0 aliphatic carbocycles. The van der Waals surface area contributed by atoms with Gasteiger partial charge in [0, 0.05) is 36.8 Å². The first-order valence-corrected chi connectivity index (χ1v) is 9.46. The van der Waals surface area contributed by atoms with Crippen molar-refractivity contribution in [3.05, 3.63) is 50.2 Å². The van der Waals surface area contributed by atoms with Gasteiger partial charge >= 0.3 is 0 Å². The number of nitrogens with zero attached hydrogens (tertiary/aromatic N) is 3. The zero-order valence-corrected chi connectivity index (χ0v) is 16.7. The van der Waals surface area contributed by atoms with E-state index in [1.807, 2.05) is 18.7 Å². The van der Waals surface area contributed by atoms with Crippen molar-refractivity contribution in [2.24, 2.45) is 5.73 Å². The molecule has 3 rings (SSSR count). The van der Waals surface area contributed by atoms with Crippen LogP contribution in [0.5, 0.6) is 5.88 Å². The molecule has 1 aromatic heterocycles. The van der Waals surface area contributed by atoms with E-state index in [1.165, 1.54) is 6.07 Å². The van der Waals surface area contributed by atoms with Crippen molar-refractivity contribution in [2.45, 2.75) is 39.0 Å². The van der Waals surface area contributed by atoms with Crippen molar-refractivity contribution in [3.8, 4) is 5.88 Å². The minimum atomic E-state index is -0.715. The quantitative estimate of drug-likeness (QED) is 0.770. The van der Waals surface area contributed by atoms with E-state index in [1.54, 1.807) is 4.57 Å². The first-order chi connectivity index (χ1) is 12.8. The van der Waals surface area contributed by atoms with E-state index in [0.717, 1.165) is 18.6 Å². The van der Waals surface area contributed by atoms with Gasteiger partial charge in [0.15, 0.2) is 0 Å². The minimum Gasteiger partial charge on any atom is -0.472 e. The van der Waals surface area contributed by atoms with Crippen LogP contribution in [0.15, 0.2) is 27.5 Å². The average Bonchev–Trinajstić information content (AvgIpc) is 3.03. The highest BCUT2D eigenvalue weighted by Crippen LogP contribution is 2.27. The van der Waals surface area contributed by atoms with Gasteiger partial charge in [-0.1, -0.05) is 0 Å². The second kappa shape index (κ2) is 7.93. The second-order valence-electron chi connectivity index (χ2n) is 6.82. The van der Waals surface area contributed by atoms with Gasteiger partial charge in [-0.25, -0.2) is 8.78 Å². The lowest BCUT2D eigenvalue weighted by Gasteiger charge is -2.24. The molecule has 0 amide bonds. The highest BCUT2D eigenvalue weighted by Gasteiger charge is 2.27. The summed E-state index contributed by atoms with van der Waals surface area (Å²) in [6, 6.07) is 3.14. The molecule has 6 nitrogen and oxygen atoms in total. The van der Waals surface area contributed by atoms with Gasteiger partial charge in [-0.05, 0) is 48.3 Å². The minimum absolute atomic E-state index is 0.0174. The van der Waals surface area contributed by atoms with Crippen LogP contribution in [0.4, 0.5) is 14.7 Å². The Balaban J connectivity index is 1.95. The topological polar surface area (TPSA) is 73.4 Å². The van der Waals surface area contributed by atoms with Crippen LogP contribution < -0.4 is 20.9 Å². The van der Waals surface area contributed by atoms with E-state index in [-0.39, 0.29) is 40.2 Å². The van der Waals surface area contributed by atoms with Crippen molar-refractivity contribution in [1.82, 2.24) is 9.55 Å². The maximum absolute atomic E-state index is 13.8. The highest BCUT2D eigenvalue weighted by atomic mass is 79.9. The summed E-state index contributed by atoms with van der Waals surface area (Å²) in [5.74, 6) is -0.841. The van der Waals surface area contributed by atoms with Crippen LogP contribution in [0.1, 0.15) is 31.9 Å². The monoisotopic (exact) mass is 442 g/mol. The maximum atomic E-state index is 13.8. The summed E-state index contributed by atoms with van der Waals surface area (Å²) in [7, 11) is 0. The van der Waals surface area contributed by atoms with Gasteiger partial charge in [0.25, 0.3) is 5.56 Å². The molecule has 2 heterocycles. The Labute approximate surface area is 164 Å². The first kappa shape index (κ1) is 19.8. The molecule has 146 valence electrons. The Morgan fingerprint density at radius 3 is 2.74 bits per heavy atom. The Kier molecular flexibility index (Phi) is 5.81. The molecule has 2 N–H and O–H groups in total. The number of benzene rings is 1. The number of nitrogens with two attached hydrogens (primary N) is 1. The molecule has 0 spiro atoms. The number of hydrogen-bond acceptors (Lipinski definition) is 5. The fourth-order valence-electron chi connectivity index (χ4n) is 3.02. The van der Waals surface area contributed by atoms with Crippen molar-refractivity contribution in [3.63, 3.8) is 0 Å². The Bertz CT molecular complexity index is 904. The summed E-state index contributed by atoms with van der Waals surface area (Å²) in [6.45, 7) is 4.88. The third-order valence-corrected chi connectivity index (χ3v) is 5.09. The SMILES string of the molecule is CC(C)n1c(N2CC[C@H](N)C2)nc(OCc2ccc(F)cc2F)c(Br)c1=O. The predicted molar refractivity (Wildman–Crippen MR) is 102 cm³/mol. The van der Waals surface area contributed by atoms with E-state index < -0.39 is 11.6 Å². The highest BCUT2D eigenvalue weighted by molar-refractivity contribution is 9.10. The van der Waals surface area contributed by atoms with Gasteiger partial charge in [0.1, 0.15) is 22.7 Å². The summed E-state index contributed by atoms with van der Waals surface area (Å²) < 4.78 is 34.2. The molecule has 1 atom stereocenters. The van der Waals surface area contributed by atoms with Gasteiger partial charge in [0.2, 0.25) is 11.8 Å². The van der Waals surface area contributed by atoms with Gasteiger partial charge < -0.3 is 15.4 Å². The normalized spacial score (nSPS) is 17.0. The summed E-state index contributed by atoms with van der Waals surface area (Å²) >= 11 is 3.24. The number of hydrogen-bond donors (Lipinski definition) is 1. The Morgan fingerprint density at radius 1 is 1.41 bits per heavy atom. The molecule has 1 saturated heterocycles. The molecule has 2 aromatic rings. The number of anilines is 1. The van der Waals surface area contributed by atoms with Gasteiger partial charge in [-0.2, -0.15) is 4.98 Å². The number of halogens is 3. The van der Waals surface area contributed by atoms with E-state index in [0.29, 0.717) is 19.0 Å². The number of aromatic nitrogens is 2. The molecule has 9 heteroatoms. The largest absolute Gasteiger partial charge is 0.472 e. The van der Waals surface area contributed by atoms with Crippen LogP contribution in [0.2, 0.25) is 0 Å². The molecule has 1 aliphatic heterocycles. The van der Waals surface area contributed by atoms with Crippen LogP contribution in [0, 0.1) is 11.6 Å². The molecular weight excluding hydrogens is 422 g/mol. The van der Waals surface area contributed by atoms with Crippen molar-refractivity contribution in [2.75, 3.05) is 18.0 Å². The third kappa shape index (κ3) is 4.14. The van der Waals surface area contributed by atoms with Crippen molar-refractivity contribution >= 4 is 21.9 Å². The summed E-state index contributed by atoms with van der Waals surface area (Å²) in [5, 5.41) is 0. The number of ether oxygens (including phenoxy) is 1. The fraction of sp³-hybridized carbons (Fsp3) is 0.444. The molecule has 0 unspecified atom stereocenters. The van der Waals surface area contributed by atoms with E-state index in [9.17, 15) is 13.6 Å². The van der Waals surface area contributed by atoms with Gasteiger partial charge in [-0.3, -0.25) is 9.36 Å². The molecule has 1 aromatic carbocycles. The van der Waals surface area contributed by atoms with E-state index in [2.05, 4.69) is 20.9 Å². The molecule has 0 bridgehead atoms. The molecule has 1 fully saturated rings. The molecule has 0 saturated carbocycles. The third-order valence-electron chi connectivity index (χ3n) is 4.41. The number of rotatable bonds is 5. The maximum Gasteiger partial charge on any atom is 0.273 e. The summed E-state index contributed by atoms with van der Waals surface area (Å²) in [4.78, 5) is 19.3. The standard InChI is InChI=1S/C18H21BrF2N4O2/c1-10(2)25-17(26)15(19)16(23-18(25)24-6-5-13(22)8-24)27-9-11-3-4-12(20)7-14(11)21/h3-4,7,10,13H,5-6,8-9,22H2,1-2H3/t13-/m0/s1. The Morgan fingerprint density at radius 2 is 2.15 bits per heavy atom. The Hall–Kier alpha value is -2.00.